The van der Waals surface area contributed by atoms with E-state index in [2.05, 4.69) is 44.8 Å². The van der Waals surface area contributed by atoms with Crippen molar-refractivity contribution in [2.45, 2.75) is 31.2 Å². The Hall–Kier alpha value is 0.419. The number of hydrogen-bond donors (Lipinski definition) is 1. The van der Waals surface area contributed by atoms with Crippen molar-refractivity contribution >= 4 is 32.9 Å². The van der Waals surface area contributed by atoms with Gasteiger partial charge in [-0.3, -0.25) is 0 Å². The van der Waals surface area contributed by atoms with E-state index in [-0.39, 0.29) is 6.04 Å². The molecule has 0 fully saturated rings. The molecule has 0 amide bonds. The van der Waals surface area contributed by atoms with E-state index in [1.54, 1.807) is 0 Å². The third-order valence-electron chi connectivity index (χ3n) is 2.68. The number of nitrogens with two attached hydrogens (primary N) is 1. The molecule has 0 aliphatic rings. The van der Waals surface area contributed by atoms with Crippen LogP contribution in [0.5, 0.6) is 0 Å². The van der Waals surface area contributed by atoms with E-state index in [0.29, 0.717) is 0 Å². The van der Waals surface area contributed by atoms with Gasteiger partial charge in [-0.05, 0) is 0 Å². The third kappa shape index (κ3) is 3.21. The Morgan fingerprint density at radius 2 is 2.00 bits per heavy atom. The van der Waals surface area contributed by atoms with Crippen LogP contribution in [0.2, 0.25) is 4.44 Å². The molecule has 1 aromatic carbocycles. The van der Waals surface area contributed by atoms with Gasteiger partial charge in [-0.25, -0.2) is 0 Å². The topological polar surface area (TPSA) is 35.2 Å². The van der Waals surface area contributed by atoms with Crippen molar-refractivity contribution in [2.75, 3.05) is 6.61 Å². The summed E-state index contributed by atoms with van der Waals surface area (Å²) < 4.78 is 8.45. The average Bonchev–Trinajstić information content (AvgIpc) is 2.29. The molecule has 2 nitrogen and oxygen atoms in total. The van der Waals surface area contributed by atoms with Crippen LogP contribution in [-0.4, -0.2) is 23.2 Å². The van der Waals surface area contributed by atoms with Gasteiger partial charge in [0, 0.05) is 0 Å². The summed E-state index contributed by atoms with van der Waals surface area (Å²) >= 11 is 1.13. The van der Waals surface area contributed by atoms with Gasteiger partial charge in [-0.15, -0.1) is 0 Å². The molecule has 1 aromatic rings. The maximum absolute atomic E-state index is 6.03. The quantitative estimate of drug-likeness (QED) is 0.782. The predicted molar refractivity (Wildman–Crippen MR) is 75.5 cm³/mol. The molecule has 2 unspecified atom stereocenters. The van der Waals surface area contributed by atoms with Crippen molar-refractivity contribution in [3.05, 3.63) is 29.8 Å². The minimum absolute atomic E-state index is 0.0665. The summed E-state index contributed by atoms with van der Waals surface area (Å²) in [6.07, 6.45) is 0. The molecule has 0 aliphatic carbocycles. The molecule has 0 aromatic heterocycles. The van der Waals surface area contributed by atoms with Gasteiger partial charge in [0.05, 0.1) is 0 Å². The number of benzene rings is 1. The molecule has 90 valence electrons. The molecule has 0 saturated heterocycles. The van der Waals surface area contributed by atoms with Crippen molar-refractivity contribution < 1.29 is 3.07 Å². The van der Waals surface area contributed by atoms with E-state index in [1.165, 1.54) is 9.14 Å². The Morgan fingerprint density at radius 3 is 2.50 bits per heavy atom. The van der Waals surface area contributed by atoms with Crippen molar-refractivity contribution in [3.63, 3.8) is 0 Å². The average molecular weight is 393 g/mol. The second kappa shape index (κ2) is 6.38. The zero-order valence-corrected chi connectivity index (χ0v) is 14.6. The standard InChI is InChI=1S/C8H10N.C2H5O.C2H5.BrH.Sn/c1-7(9)8-5-3-2-4-6-8;1-2-3;1-2;;/h2-5,7H,9H2,1H3;2H2,1H3;1H2,2H3;1H;/q;-1;;;+2/p-1. The van der Waals surface area contributed by atoms with E-state index in [1.807, 2.05) is 13.0 Å². The molecule has 16 heavy (non-hydrogen) atoms. The molecule has 0 bridgehead atoms. The van der Waals surface area contributed by atoms with Crippen LogP contribution >= 0.6 is 12.7 Å². The first-order valence-corrected chi connectivity index (χ1v) is 16.7. The van der Waals surface area contributed by atoms with Crippen LogP contribution in [0.15, 0.2) is 24.3 Å². The van der Waals surface area contributed by atoms with Crippen molar-refractivity contribution in [3.8, 4) is 0 Å². The molecule has 0 radical (unpaired) electrons. The van der Waals surface area contributed by atoms with Crippen LogP contribution in [-0.2, 0) is 3.07 Å². The van der Waals surface area contributed by atoms with E-state index in [9.17, 15) is 0 Å². The first kappa shape index (κ1) is 14.5. The van der Waals surface area contributed by atoms with Gasteiger partial charge in [0.25, 0.3) is 0 Å². The molecular formula is C12H20BrNOSn. The van der Waals surface area contributed by atoms with E-state index >= 15 is 0 Å². The molecule has 2 N–H and O–H groups in total. The monoisotopic (exact) mass is 393 g/mol. The van der Waals surface area contributed by atoms with Crippen LogP contribution in [0.25, 0.3) is 0 Å². The summed E-state index contributed by atoms with van der Waals surface area (Å²) in [5.41, 5.74) is 7.25. The summed E-state index contributed by atoms with van der Waals surface area (Å²) in [5, 5.41) is 0. The van der Waals surface area contributed by atoms with E-state index in [4.69, 9.17) is 8.81 Å². The van der Waals surface area contributed by atoms with Crippen LogP contribution in [0.3, 0.4) is 0 Å². The second-order valence-corrected chi connectivity index (χ2v) is 21.0. The first-order chi connectivity index (χ1) is 7.55. The summed E-state index contributed by atoms with van der Waals surface area (Å²) in [6.45, 7) is 7.04. The van der Waals surface area contributed by atoms with Crippen LogP contribution in [0, 0.1) is 0 Å². The molecule has 2 atom stereocenters. The Labute approximate surface area is 109 Å². The fourth-order valence-corrected chi connectivity index (χ4v) is 12.3. The fraction of sp³-hybridized carbons (Fsp3) is 0.500. The maximum atomic E-state index is 6.03. The van der Waals surface area contributed by atoms with E-state index < -0.39 is 16.6 Å². The summed E-state index contributed by atoms with van der Waals surface area (Å²) in [5.74, 6) is 0. The summed E-state index contributed by atoms with van der Waals surface area (Å²) in [7, 11) is 0. The zero-order valence-electron chi connectivity index (χ0n) is 10.2. The number of hydrogen-bond acceptors (Lipinski definition) is 2. The SMILES string of the molecule is CC[O][Sn]([Br])([CH2]C)[c]1ccccc1C(C)N. The molecule has 0 heterocycles. The number of rotatable bonds is 5. The summed E-state index contributed by atoms with van der Waals surface area (Å²) in [4.78, 5) is 0. The Balaban J connectivity index is 3.18. The first-order valence-electron chi connectivity index (χ1n) is 5.73. The number of halogens is 1. The molecule has 4 heteroatoms. The second-order valence-electron chi connectivity index (χ2n) is 3.89. The van der Waals surface area contributed by atoms with Crippen LogP contribution in [0.4, 0.5) is 0 Å². The van der Waals surface area contributed by atoms with Crippen molar-refractivity contribution in [1.29, 1.82) is 0 Å². The molecule has 1 rings (SSSR count). The third-order valence-corrected chi connectivity index (χ3v) is 19.2. The zero-order chi connectivity index (χ0) is 12.2. The van der Waals surface area contributed by atoms with Gasteiger partial charge in [0.15, 0.2) is 0 Å². The Morgan fingerprint density at radius 1 is 1.38 bits per heavy atom. The van der Waals surface area contributed by atoms with Gasteiger partial charge >= 0.3 is 109 Å². The molecule has 0 spiro atoms. The predicted octanol–water partition coefficient (Wildman–Crippen LogP) is 2.81. The van der Waals surface area contributed by atoms with Gasteiger partial charge in [-0.2, -0.15) is 0 Å². The molecule has 0 saturated carbocycles. The summed E-state index contributed by atoms with van der Waals surface area (Å²) in [6, 6.07) is 8.47. The van der Waals surface area contributed by atoms with Gasteiger partial charge in [-0.1, -0.05) is 0 Å². The van der Waals surface area contributed by atoms with Crippen molar-refractivity contribution in [1.82, 2.24) is 0 Å². The van der Waals surface area contributed by atoms with Gasteiger partial charge in [0.2, 0.25) is 0 Å². The van der Waals surface area contributed by atoms with Gasteiger partial charge in [0.1, 0.15) is 0 Å². The fourth-order valence-electron chi connectivity index (χ4n) is 1.83. The normalized spacial score (nSPS) is 16.8. The Kier molecular flexibility index (Phi) is 5.77. The minimum atomic E-state index is -2.77. The van der Waals surface area contributed by atoms with E-state index in [0.717, 1.165) is 11.0 Å². The van der Waals surface area contributed by atoms with Crippen molar-refractivity contribution in [2.24, 2.45) is 5.73 Å². The van der Waals surface area contributed by atoms with Crippen LogP contribution < -0.4 is 9.31 Å². The molecular weight excluding hydrogens is 373 g/mol. The van der Waals surface area contributed by atoms with Gasteiger partial charge < -0.3 is 0 Å². The molecule has 0 aliphatic heterocycles. The van der Waals surface area contributed by atoms with Crippen LogP contribution in [0.1, 0.15) is 32.4 Å². The Bertz CT molecular complexity index is 346.